The number of nitrogens with zero attached hydrogens (tertiary/aromatic N) is 2. The fourth-order valence-electron chi connectivity index (χ4n) is 2.01. The van der Waals surface area contributed by atoms with Crippen LogP contribution in [0.25, 0.3) is 11.0 Å². The van der Waals surface area contributed by atoms with Crippen LogP contribution < -0.4 is 5.69 Å². The first kappa shape index (κ1) is 11.8. The number of imidazole rings is 1. The first-order valence-electron chi connectivity index (χ1n) is 5.65. The first-order chi connectivity index (χ1) is 9.15. The molecule has 2 aromatic heterocycles. The van der Waals surface area contributed by atoms with E-state index >= 15 is 0 Å². The summed E-state index contributed by atoms with van der Waals surface area (Å²) in [5.41, 5.74) is 1.73. The number of aromatic amines is 1. The number of fused-ring (bicyclic) bond motifs is 1. The van der Waals surface area contributed by atoms with E-state index in [1.54, 1.807) is 30.6 Å². The number of benzene rings is 1. The third-order valence-corrected chi connectivity index (χ3v) is 3.18. The molecule has 2 N–H and O–H groups in total. The molecule has 0 unspecified atom stereocenters. The Labute approximate surface area is 113 Å². The maximum Gasteiger partial charge on any atom is 0.326 e. The number of aromatic hydroxyl groups is 1. The zero-order valence-electron chi connectivity index (χ0n) is 9.80. The summed E-state index contributed by atoms with van der Waals surface area (Å²) < 4.78 is 1.51. The highest BCUT2D eigenvalue weighted by atomic mass is 35.5. The molecule has 0 amide bonds. The molecule has 0 atom stereocenters. The molecule has 0 aliphatic carbocycles. The van der Waals surface area contributed by atoms with Gasteiger partial charge < -0.3 is 10.1 Å². The van der Waals surface area contributed by atoms with Gasteiger partial charge in [0.25, 0.3) is 0 Å². The topological polar surface area (TPSA) is 70.9 Å². The fraction of sp³-hybridized carbons (Fsp3) is 0.0769. The quantitative estimate of drug-likeness (QED) is 0.753. The number of hydrogen-bond acceptors (Lipinski definition) is 3. The van der Waals surface area contributed by atoms with Crippen LogP contribution in [0.1, 0.15) is 5.56 Å². The van der Waals surface area contributed by atoms with E-state index in [0.717, 1.165) is 0 Å². The Hall–Kier alpha value is -2.27. The molecule has 3 aromatic rings. The van der Waals surface area contributed by atoms with E-state index in [0.29, 0.717) is 21.6 Å². The standard InChI is InChI=1S/C13H10ClN3O2/c14-9-1-2-12(18)8(5-9)7-17-11-6-15-4-3-10(11)16-13(17)19/h1-6,18H,7H2,(H,16,19). The summed E-state index contributed by atoms with van der Waals surface area (Å²) in [7, 11) is 0. The van der Waals surface area contributed by atoms with Gasteiger partial charge in [0.15, 0.2) is 0 Å². The maximum atomic E-state index is 11.9. The summed E-state index contributed by atoms with van der Waals surface area (Å²) >= 11 is 5.90. The van der Waals surface area contributed by atoms with Gasteiger partial charge in [0.1, 0.15) is 5.75 Å². The van der Waals surface area contributed by atoms with E-state index in [9.17, 15) is 9.90 Å². The van der Waals surface area contributed by atoms with Crippen LogP contribution in [0.3, 0.4) is 0 Å². The lowest BCUT2D eigenvalue weighted by atomic mass is 10.2. The predicted molar refractivity (Wildman–Crippen MR) is 72.6 cm³/mol. The van der Waals surface area contributed by atoms with Crippen LogP contribution in [0.15, 0.2) is 41.5 Å². The van der Waals surface area contributed by atoms with Gasteiger partial charge in [0.2, 0.25) is 0 Å². The second-order valence-electron chi connectivity index (χ2n) is 4.18. The summed E-state index contributed by atoms with van der Waals surface area (Å²) in [6.07, 6.45) is 3.22. The Morgan fingerprint density at radius 1 is 1.37 bits per heavy atom. The second-order valence-corrected chi connectivity index (χ2v) is 4.62. The molecule has 19 heavy (non-hydrogen) atoms. The first-order valence-corrected chi connectivity index (χ1v) is 6.03. The third-order valence-electron chi connectivity index (χ3n) is 2.95. The van der Waals surface area contributed by atoms with Crippen LogP contribution in [0, 0.1) is 0 Å². The normalized spacial score (nSPS) is 11.0. The van der Waals surface area contributed by atoms with Gasteiger partial charge in [-0.25, -0.2) is 4.79 Å². The van der Waals surface area contributed by atoms with Crippen molar-refractivity contribution in [3.8, 4) is 5.75 Å². The van der Waals surface area contributed by atoms with Crippen molar-refractivity contribution in [2.75, 3.05) is 0 Å². The van der Waals surface area contributed by atoms with E-state index in [-0.39, 0.29) is 18.0 Å². The van der Waals surface area contributed by atoms with Crippen LogP contribution in [-0.4, -0.2) is 19.6 Å². The Kier molecular flexibility index (Phi) is 2.76. The molecule has 0 fully saturated rings. The van der Waals surface area contributed by atoms with Crippen molar-refractivity contribution >= 4 is 22.6 Å². The number of nitrogens with one attached hydrogen (secondary N) is 1. The Morgan fingerprint density at radius 3 is 3.05 bits per heavy atom. The number of phenolic OH excluding ortho intramolecular Hbond substituents is 1. The molecule has 96 valence electrons. The van der Waals surface area contributed by atoms with Crippen molar-refractivity contribution in [1.82, 2.24) is 14.5 Å². The molecule has 0 saturated heterocycles. The van der Waals surface area contributed by atoms with Crippen molar-refractivity contribution in [3.63, 3.8) is 0 Å². The van der Waals surface area contributed by atoms with Gasteiger partial charge in [-0.15, -0.1) is 0 Å². The van der Waals surface area contributed by atoms with E-state index in [1.165, 1.54) is 10.6 Å². The highest BCUT2D eigenvalue weighted by Crippen LogP contribution is 2.22. The highest BCUT2D eigenvalue weighted by molar-refractivity contribution is 6.30. The predicted octanol–water partition coefficient (Wildman–Crippen LogP) is 2.13. The molecular weight excluding hydrogens is 266 g/mol. The average molecular weight is 276 g/mol. The average Bonchev–Trinajstić information content (AvgIpc) is 2.71. The lowest BCUT2D eigenvalue weighted by Crippen LogP contribution is -2.17. The molecule has 0 aliphatic heterocycles. The number of pyridine rings is 1. The smallest absolute Gasteiger partial charge is 0.326 e. The van der Waals surface area contributed by atoms with Crippen molar-refractivity contribution in [2.24, 2.45) is 0 Å². The molecule has 3 rings (SSSR count). The van der Waals surface area contributed by atoms with Crippen LogP contribution in [0.4, 0.5) is 0 Å². The van der Waals surface area contributed by atoms with Crippen LogP contribution in [-0.2, 0) is 6.54 Å². The highest BCUT2D eigenvalue weighted by Gasteiger charge is 2.09. The summed E-state index contributed by atoms with van der Waals surface area (Å²) in [6, 6.07) is 6.47. The number of aromatic nitrogens is 3. The fourth-order valence-corrected chi connectivity index (χ4v) is 2.20. The van der Waals surface area contributed by atoms with Crippen molar-refractivity contribution in [2.45, 2.75) is 6.54 Å². The largest absolute Gasteiger partial charge is 0.508 e. The number of phenols is 1. The van der Waals surface area contributed by atoms with Crippen LogP contribution in [0.5, 0.6) is 5.75 Å². The molecule has 5 nitrogen and oxygen atoms in total. The molecule has 0 spiro atoms. The van der Waals surface area contributed by atoms with Gasteiger partial charge in [-0.3, -0.25) is 9.55 Å². The zero-order valence-corrected chi connectivity index (χ0v) is 10.6. The van der Waals surface area contributed by atoms with Gasteiger partial charge in [-0.1, -0.05) is 11.6 Å². The molecule has 0 aliphatic rings. The van der Waals surface area contributed by atoms with Gasteiger partial charge in [-0.2, -0.15) is 0 Å². The minimum Gasteiger partial charge on any atom is -0.508 e. The molecule has 0 radical (unpaired) electrons. The van der Waals surface area contributed by atoms with E-state index < -0.39 is 0 Å². The molecule has 6 heteroatoms. The van der Waals surface area contributed by atoms with Gasteiger partial charge in [-0.05, 0) is 24.3 Å². The van der Waals surface area contributed by atoms with Gasteiger partial charge in [0.05, 0.1) is 23.8 Å². The number of rotatable bonds is 2. The lowest BCUT2D eigenvalue weighted by Gasteiger charge is -2.06. The minimum atomic E-state index is -0.248. The van der Waals surface area contributed by atoms with Crippen LogP contribution >= 0.6 is 11.6 Å². The summed E-state index contributed by atoms with van der Waals surface area (Å²) in [5, 5.41) is 10.3. The molecular formula is C13H10ClN3O2. The lowest BCUT2D eigenvalue weighted by molar-refractivity contribution is 0.466. The molecule has 2 heterocycles. The van der Waals surface area contributed by atoms with Crippen molar-refractivity contribution in [3.05, 3.63) is 57.7 Å². The Balaban J connectivity index is 2.13. The molecule has 0 bridgehead atoms. The van der Waals surface area contributed by atoms with Crippen LogP contribution in [0.2, 0.25) is 5.02 Å². The zero-order chi connectivity index (χ0) is 13.4. The van der Waals surface area contributed by atoms with Gasteiger partial charge in [0, 0.05) is 16.8 Å². The summed E-state index contributed by atoms with van der Waals surface area (Å²) in [5.74, 6) is 0.106. The van der Waals surface area contributed by atoms with E-state index in [2.05, 4.69) is 9.97 Å². The van der Waals surface area contributed by atoms with Crippen molar-refractivity contribution in [1.29, 1.82) is 0 Å². The van der Waals surface area contributed by atoms with Gasteiger partial charge >= 0.3 is 5.69 Å². The number of hydrogen-bond donors (Lipinski definition) is 2. The van der Waals surface area contributed by atoms with E-state index in [1.807, 2.05) is 0 Å². The Morgan fingerprint density at radius 2 is 2.21 bits per heavy atom. The van der Waals surface area contributed by atoms with E-state index in [4.69, 9.17) is 11.6 Å². The maximum absolute atomic E-state index is 11.9. The summed E-state index contributed by atoms with van der Waals surface area (Å²) in [6.45, 7) is 0.233. The molecule has 0 saturated carbocycles. The Bertz CT molecular complexity index is 807. The number of H-pyrrole nitrogens is 1. The van der Waals surface area contributed by atoms with Crippen molar-refractivity contribution < 1.29 is 5.11 Å². The minimum absolute atomic E-state index is 0.106. The SMILES string of the molecule is O=c1[nH]c2ccncc2n1Cc1cc(Cl)ccc1O. The summed E-state index contributed by atoms with van der Waals surface area (Å²) in [4.78, 5) is 18.6. The number of halogens is 1. The monoisotopic (exact) mass is 275 g/mol. The molecule has 1 aromatic carbocycles. The third kappa shape index (κ3) is 2.08. The second kappa shape index (κ2) is 4.44.